The number of carbonyl (C=O) groups is 1. The van der Waals surface area contributed by atoms with E-state index >= 15 is 0 Å². The zero-order valence-electron chi connectivity index (χ0n) is 11.8. The summed E-state index contributed by atoms with van der Waals surface area (Å²) in [5.41, 5.74) is 2.63. The minimum absolute atomic E-state index is 0.410. The zero-order chi connectivity index (χ0) is 14.5. The van der Waals surface area contributed by atoms with Crippen LogP contribution in [0.3, 0.4) is 0 Å². The number of aromatic carboxylic acids is 1. The normalized spacial score (nSPS) is 10.9. The van der Waals surface area contributed by atoms with Gasteiger partial charge in [0.2, 0.25) is 0 Å². The number of nitrogens with zero attached hydrogens (tertiary/aromatic N) is 1. The molecule has 106 valence electrons. The highest BCUT2D eigenvalue weighted by molar-refractivity contribution is 7.10. The fraction of sp³-hybridized carbons (Fsp3) is 0.312. The molecule has 0 radical (unpaired) electrons. The van der Waals surface area contributed by atoms with Gasteiger partial charge in [-0.2, -0.15) is 0 Å². The Bertz CT molecular complexity index is 592. The summed E-state index contributed by atoms with van der Waals surface area (Å²) in [6, 6.07) is 9.36. The zero-order valence-corrected chi connectivity index (χ0v) is 12.6. The van der Waals surface area contributed by atoms with Crippen LogP contribution >= 0.6 is 11.3 Å². The quantitative estimate of drug-likeness (QED) is 0.885. The van der Waals surface area contributed by atoms with E-state index in [2.05, 4.69) is 30.3 Å². The Morgan fingerprint density at radius 3 is 2.70 bits per heavy atom. The highest BCUT2D eigenvalue weighted by Crippen LogP contribution is 2.17. The first-order chi connectivity index (χ1) is 9.58. The minimum atomic E-state index is -0.850. The molecule has 3 nitrogen and oxygen atoms in total. The maximum absolute atomic E-state index is 11.2. The maximum Gasteiger partial charge on any atom is 0.335 e. The van der Waals surface area contributed by atoms with Crippen LogP contribution in [-0.4, -0.2) is 29.6 Å². The molecule has 2 rings (SSSR count). The summed E-state index contributed by atoms with van der Waals surface area (Å²) in [5, 5.41) is 11.3. The number of hydrogen-bond acceptors (Lipinski definition) is 3. The molecule has 0 aliphatic rings. The Kier molecular flexibility index (Phi) is 4.93. The average molecular weight is 289 g/mol. The van der Waals surface area contributed by atoms with E-state index in [1.165, 1.54) is 10.4 Å². The van der Waals surface area contributed by atoms with E-state index in [9.17, 15) is 4.79 Å². The summed E-state index contributed by atoms with van der Waals surface area (Å²) < 4.78 is 0. The van der Waals surface area contributed by atoms with Gasteiger partial charge in [-0.05, 0) is 49.0 Å². The molecule has 0 atom stereocenters. The third-order valence-corrected chi connectivity index (χ3v) is 4.40. The van der Waals surface area contributed by atoms with Crippen molar-refractivity contribution in [3.05, 3.63) is 57.3 Å². The number of carboxylic acid groups (broad SMARTS) is 1. The van der Waals surface area contributed by atoms with Gasteiger partial charge in [-0.15, -0.1) is 11.3 Å². The van der Waals surface area contributed by atoms with Crippen molar-refractivity contribution in [2.75, 3.05) is 13.6 Å². The standard InChI is InChI=1S/C16H19NO2S/c1-12-8-10-20-15(12)11-17(2)9-7-13-5-3-4-6-14(13)16(18)19/h3-6,8,10H,7,9,11H2,1-2H3,(H,18,19). The van der Waals surface area contributed by atoms with Crippen molar-refractivity contribution >= 4 is 17.3 Å². The lowest BCUT2D eigenvalue weighted by Crippen LogP contribution is -2.21. The molecule has 0 saturated heterocycles. The summed E-state index contributed by atoms with van der Waals surface area (Å²) in [6.45, 7) is 3.89. The Labute approximate surface area is 123 Å². The first-order valence-corrected chi connectivity index (χ1v) is 7.48. The summed E-state index contributed by atoms with van der Waals surface area (Å²) in [7, 11) is 2.07. The molecule has 0 fully saturated rings. The van der Waals surface area contributed by atoms with Crippen LogP contribution in [0.25, 0.3) is 0 Å². The molecule has 0 aliphatic carbocycles. The molecule has 2 aromatic rings. The summed E-state index contributed by atoms with van der Waals surface area (Å²) in [6.07, 6.45) is 0.753. The largest absolute Gasteiger partial charge is 0.478 e. The van der Waals surface area contributed by atoms with Gasteiger partial charge in [-0.3, -0.25) is 0 Å². The molecule has 0 aliphatic heterocycles. The molecule has 0 unspecified atom stereocenters. The van der Waals surface area contributed by atoms with E-state index in [4.69, 9.17) is 5.11 Å². The van der Waals surface area contributed by atoms with E-state index in [1.807, 2.05) is 12.1 Å². The van der Waals surface area contributed by atoms with Gasteiger partial charge in [-0.1, -0.05) is 18.2 Å². The molecule has 1 N–H and O–H groups in total. The summed E-state index contributed by atoms with van der Waals surface area (Å²) in [5.74, 6) is -0.850. The van der Waals surface area contributed by atoms with Gasteiger partial charge in [0.05, 0.1) is 5.56 Å². The van der Waals surface area contributed by atoms with Crippen molar-refractivity contribution in [1.29, 1.82) is 0 Å². The van der Waals surface area contributed by atoms with Crippen LogP contribution in [0, 0.1) is 6.92 Å². The van der Waals surface area contributed by atoms with Crippen molar-refractivity contribution < 1.29 is 9.90 Å². The molecule has 0 spiro atoms. The van der Waals surface area contributed by atoms with Crippen LogP contribution in [-0.2, 0) is 13.0 Å². The van der Waals surface area contributed by atoms with Crippen molar-refractivity contribution in [3.63, 3.8) is 0 Å². The predicted octanol–water partition coefficient (Wildman–Crippen LogP) is 3.43. The SMILES string of the molecule is Cc1ccsc1CN(C)CCc1ccccc1C(=O)O. The molecule has 0 saturated carbocycles. The van der Waals surface area contributed by atoms with E-state index in [0.29, 0.717) is 5.56 Å². The molecule has 1 aromatic carbocycles. The molecule has 1 aromatic heterocycles. The third kappa shape index (κ3) is 3.68. The van der Waals surface area contributed by atoms with E-state index in [1.54, 1.807) is 23.5 Å². The van der Waals surface area contributed by atoms with Gasteiger partial charge in [0.15, 0.2) is 0 Å². The van der Waals surface area contributed by atoms with E-state index in [-0.39, 0.29) is 0 Å². The molecule has 0 bridgehead atoms. The van der Waals surface area contributed by atoms with Crippen molar-refractivity contribution in [1.82, 2.24) is 4.90 Å². The Morgan fingerprint density at radius 2 is 2.05 bits per heavy atom. The Morgan fingerprint density at radius 1 is 1.30 bits per heavy atom. The van der Waals surface area contributed by atoms with Gasteiger partial charge in [0.25, 0.3) is 0 Å². The van der Waals surface area contributed by atoms with Crippen LogP contribution in [0.1, 0.15) is 26.4 Å². The highest BCUT2D eigenvalue weighted by atomic mass is 32.1. The molecular weight excluding hydrogens is 270 g/mol. The highest BCUT2D eigenvalue weighted by Gasteiger charge is 2.10. The number of benzene rings is 1. The van der Waals surface area contributed by atoms with Gasteiger partial charge < -0.3 is 10.0 Å². The van der Waals surface area contributed by atoms with Crippen molar-refractivity contribution in [2.45, 2.75) is 19.9 Å². The second-order valence-electron chi connectivity index (χ2n) is 4.98. The predicted molar refractivity (Wildman–Crippen MR) is 82.5 cm³/mol. The number of rotatable bonds is 6. The van der Waals surface area contributed by atoms with Gasteiger partial charge in [0.1, 0.15) is 0 Å². The topological polar surface area (TPSA) is 40.5 Å². The van der Waals surface area contributed by atoms with E-state index in [0.717, 1.165) is 25.1 Å². The molecule has 1 heterocycles. The smallest absolute Gasteiger partial charge is 0.335 e. The minimum Gasteiger partial charge on any atom is -0.478 e. The number of aryl methyl sites for hydroxylation is 1. The molecular formula is C16H19NO2S. The van der Waals surface area contributed by atoms with Crippen molar-refractivity contribution in [3.8, 4) is 0 Å². The molecule has 0 amide bonds. The Balaban J connectivity index is 1.95. The molecule has 20 heavy (non-hydrogen) atoms. The lowest BCUT2D eigenvalue weighted by atomic mass is 10.0. The molecule has 4 heteroatoms. The lowest BCUT2D eigenvalue weighted by molar-refractivity contribution is 0.0695. The first kappa shape index (κ1) is 14.8. The monoisotopic (exact) mass is 289 g/mol. The fourth-order valence-corrected chi connectivity index (χ4v) is 3.13. The number of likely N-dealkylation sites (N-methyl/N-ethyl adjacent to an activating group) is 1. The van der Waals surface area contributed by atoms with Crippen LogP contribution in [0.2, 0.25) is 0 Å². The Hall–Kier alpha value is -1.65. The van der Waals surface area contributed by atoms with Gasteiger partial charge in [-0.25, -0.2) is 4.79 Å². The van der Waals surface area contributed by atoms with Gasteiger partial charge in [0, 0.05) is 18.0 Å². The second-order valence-corrected chi connectivity index (χ2v) is 5.98. The number of hydrogen-bond donors (Lipinski definition) is 1. The second kappa shape index (κ2) is 6.68. The number of thiophene rings is 1. The van der Waals surface area contributed by atoms with Gasteiger partial charge >= 0.3 is 5.97 Å². The van der Waals surface area contributed by atoms with Crippen molar-refractivity contribution in [2.24, 2.45) is 0 Å². The summed E-state index contributed by atoms with van der Waals surface area (Å²) >= 11 is 1.77. The van der Waals surface area contributed by atoms with Crippen LogP contribution in [0.4, 0.5) is 0 Å². The number of carboxylic acids is 1. The third-order valence-electron chi connectivity index (χ3n) is 3.39. The lowest BCUT2D eigenvalue weighted by Gasteiger charge is -2.17. The van der Waals surface area contributed by atoms with E-state index < -0.39 is 5.97 Å². The average Bonchev–Trinajstić information content (AvgIpc) is 2.82. The summed E-state index contributed by atoms with van der Waals surface area (Å²) in [4.78, 5) is 14.8. The fourth-order valence-electron chi connectivity index (χ4n) is 2.15. The first-order valence-electron chi connectivity index (χ1n) is 6.60. The van der Waals surface area contributed by atoms with Crippen LogP contribution < -0.4 is 0 Å². The maximum atomic E-state index is 11.2. The van der Waals surface area contributed by atoms with Crippen LogP contribution in [0.5, 0.6) is 0 Å². The van der Waals surface area contributed by atoms with Crippen LogP contribution in [0.15, 0.2) is 35.7 Å².